The summed E-state index contributed by atoms with van der Waals surface area (Å²) in [4.78, 5) is 28.2. The summed E-state index contributed by atoms with van der Waals surface area (Å²) < 4.78 is 10.7. The molecule has 0 fully saturated rings. The number of halogens is 2. The average molecular weight is 463 g/mol. The number of hydrogen-bond acceptors (Lipinski definition) is 4. The lowest BCUT2D eigenvalue weighted by Crippen LogP contribution is -2.40. The van der Waals surface area contributed by atoms with Crippen LogP contribution in [0, 0.1) is 0 Å². The topological polar surface area (TPSA) is 91.9 Å². The molecule has 1 aliphatic rings. The highest BCUT2D eigenvalue weighted by molar-refractivity contribution is 6.42. The first-order valence-electron chi connectivity index (χ1n) is 9.65. The fraction of sp³-hybridized carbons (Fsp3) is 0.273. The van der Waals surface area contributed by atoms with Gasteiger partial charge in [-0.2, -0.15) is 0 Å². The monoisotopic (exact) mass is 462 g/mol. The van der Waals surface area contributed by atoms with Crippen LogP contribution < -0.4 is 4.74 Å². The van der Waals surface area contributed by atoms with Gasteiger partial charge < -0.3 is 19.6 Å². The van der Waals surface area contributed by atoms with Gasteiger partial charge in [-0.15, -0.1) is 0 Å². The van der Waals surface area contributed by atoms with Crippen molar-refractivity contribution in [2.45, 2.75) is 25.5 Å². The van der Waals surface area contributed by atoms with Crippen molar-refractivity contribution >= 4 is 46.2 Å². The summed E-state index contributed by atoms with van der Waals surface area (Å²) in [5, 5.41) is 11.5. The van der Waals surface area contributed by atoms with Crippen molar-refractivity contribution in [1.29, 1.82) is 0 Å². The molecule has 0 saturated heterocycles. The molecule has 0 spiro atoms. The maximum absolute atomic E-state index is 11.9. The molecule has 4 rings (SSSR count). The summed E-state index contributed by atoms with van der Waals surface area (Å²) in [7, 11) is 1.29. The molecule has 2 aromatic carbocycles. The van der Waals surface area contributed by atoms with E-state index in [0.717, 1.165) is 27.7 Å². The Balaban J connectivity index is 1.63. The van der Waals surface area contributed by atoms with Crippen LogP contribution in [0.2, 0.25) is 10.0 Å². The molecule has 1 atom stereocenters. The molecule has 2 N–H and O–H groups in total. The second-order valence-corrected chi connectivity index (χ2v) is 8.10. The van der Waals surface area contributed by atoms with Crippen molar-refractivity contribution in [2.75, 3.05) is 13.7 Å². The lowest BCUT2D eigenvalue weighted by molar-refractivity contribution is -0.142. The van der Waals surface area contributed by atoms with Gasteiger partial charge in [0.2, 0.25) is 0 Å². The molecule has 31 heavy (non-hydrogen) atoms. The number of nitrogens with zero attached hydrogens (tertiary/aromatic N) is 1. The molecular weight excluding hydrogens is 443 g/mol. The highest BCUT2D eigenvalue weighted by Crippen LogP contribution is 2.38. The summed E-state index contributed by atoms with van der Waals surface area (Å²) in [6.07, 6.45) is -0.581. The Bertz CT molecular complexity index is 1160. The molecule has 1 aromatic heterocycles. The summed E-state index contributed by atoms with van der Waals surface area (Å²) in [5.74, 6) is 0.207. The van der Waals surface area contributed by atoms with E-state index in [4.69, 9.17) is 32.7 Å². The maximum Gasteiger partial charge on any atom is 0.407 e. The minimum absolute atomic E-state index is 0.0523. The number of methoxy groups -OCH3 is 1. The van der Waals surface area contributed by atoms with Crippen LogP contribution in [0.3, 0.4) is 0 Å². The van der Waals surface area contributed by atoms with Crippen molar-refractivity contribution < 1.29 is 24.2 Å². The van der Waals surface area contributed by atoms with Gasteiger partial charge in [0.05, 0.1) is 29.6 Å². The lowest BCUT2D eigenvalue weighted by atomic mass is 9.95. The number of amides is 1. The van der Waals surface area contributed by atoms with Crippen LogP contribution in [-0.2, 0) is 22.6 Å². The number of carboxylic acid groups (broad SMARTS) is 1. The molecule has 1 amide bonds. The zero-order valence-electron chi connectivity index (χ0n) is 16.7. The molecule has 1 unspecified atom stereocenters. The van der Waals surface area contributed by atoms with Crippen molar-refractivity contribution in [3.8, 4) is 5.75 Å². The number of rotatable bonds is 5. The fourth-order valence-corrected chi connectivity index (χ4v) is 4.23. The SMILES string of the molecule is COC(=O)CC1c2[nH]c3ccc(OCc4ccc(Cl)c(Cl)c4)cc3c2CCN1C(=O)O. The number of carbonyl (C=O) groups is 2. The summed E-state index contributed by atoms with van der Waals surface area (Å²) in [6, 6.07) is 10.4. The molecule has 1 aliphatic heterocycles. The van der Waals surface area contributed by atoms with E-state index in [1.807, 2.05) is 24.3 Å². The third-order valence-electron chi connectivity index (χ3n) is 5.45. The van der Waals surface area contributed by atoms with Gasteiger partial charge in [-0.05, 0) is 47.9 Å². The number of H-pyrrole nitrogens is 1. The second kappa shape index (κ2) is 8.69. The Hall–Kier alpha value is -2.90. The smallest absolute Gasteiger partial charge is 0.407 e. The minimum Gasteiger partial charge on any atom is -0.489 e. The number of carbonyl (C=O) groups excluding carboxylic acids is 1. The molecular formula is C22H20Cl2N2O5. The number of aromatic amines is 1. The van der Waals surface area contributed by atoms with E-state index in [1.165, 1.54) is 12.0 Å². The number of fused-ring (bicyclic) bond motifs is 3. The van der Waals surface area contributed by atoms with Gasteiger partial charge in [-0.1, -0.05) is 29.3 Å². The summed E-state index contributed by atoms with van der Waals surface area (Å²) >= 11 is 12.0. The van der Waals surface area contributed by atoms with Gasteiger partial charge in [0.15, 0.2) is 0 Å². The number of benzene rings is 2. The zero-order valence-corrected chi connectivity index (χ0v) is 18.2. The Morgan fingerprint density at radius 3 is 2.71 bits per heavy atom. The van der Waals surface area contributed by atoms with Crippen molar-refractivity contribution in [3.05, 3.63) is 63.3 Å². The summed E-state index contributed by atoms with van der Waals surface area (Å²) in [5.41, 5.74) is 3.45. The maximum atomic E-state index is 11.9. The van der Waals surface area contributed by atoms with Crippen LogP contribution in [0.1, 0.15) is 29.3 Å². The van der Waals surface area contributed by atoms with E-state index in [9.17, 15) is 14.7 Å². The molecule has 7 nitrogen and oxygen atoms in total. The van der Waals surface area contributed by atoms with Crippen LogP contribution in [-0.4, -0.2) is 40.7 Å². The third kappa shape index (κ3) is 4.29. The van der Waals surface area contributed by atoms with Crippen LogP contribution in [0.15, 0.2) is 36.4 Å². The Labute approximate surface area is 188 Å². The molecule has 0 bridgehead atoms. The average Bonchev–Trinajstić information content (AvgIpc) is 3.13. The number of aromatic nitrogens is 1. The Morgan fingerprint density at radius 1 is 1.19 bits per heavy atom. The standard InChI is InChI=1S/C22H20Cl2N2O5/c1-30-20(27)10-19-21-14(6-7-26(19)22(28)29)15-9-13(3-5-18(15)25-21)31-11-12-2-4-16(23)17(24)8-12/h2-5,8-9,19,25H,6-7,10-11H2,1H3,(H,28,29). The predicted octanol–water partition coefficient (Wildman–Crippen LogP) is 5.19. The number of hydrogen-bond donors (Lipinski definition) is 2. The molecule has 9 heteroatoms. The molecule has 0 saturated carbocycles. The van der Waals surface area contributed by atoms with E-state index in [-0.39, 0.29) is 6.42 Å². The molecule has 0 radical (unpaired) electrons. The zero-order chi connectivity index (χ0) is 22.1. The van der Waals surface area contributed by atoms with E-state index in [0.29, 0.717) is 35.4 Å². The van der Waals surface area contributed by atoms with Crippen molar-refractivity contribution in [1.82, 2.24) is 9.88 Å². The quantitative estimate of drug-likeness (QED) is 0.508. The highest BCUT2D eigenvalue weighted by Gasteiger charge is 2.35. The van der Waals surface area contributed by atoms with Crippen molar-refractivity contribution in [3.63, 3.8) is 0 Å². The van der Waals surface area contributed by atoms with E-state index < -0.39 is 18.1 Å². The van der Waals surface area contributed by atoms with E-state index in [2.05, 4.69) is 4.98 Å². The van der Waals surface area contributed by atoms with Crippen LogP contribution in [0.5, 0.6) is 5.75 Å². The van der Waals surface area contributed by atoms with Crippen LogP contribution >= 0.6 is 23.2 Å². The first-order valence-corrected chi connectivity index (χ1v) is 10.4. The second-order valence-electron chi connectivity index (χ2n) is 7.28. The van der Waals surface area contributed by atoms with Gasteiger partial charge in [0.1, 0.15) is 12.4 Å². The third-order valence-corrected chi connectivity index (χ3v) is 6.18. The first kappa shape index (κ1) is 21.3. The predicted molar refractivity (Wildman–Crippen MR) is 117 cm³/mol. The van der Waals surface area contributed by atoms with Crippen molar-refractivity contribution in [2.24, 2.45) is 0 Å². The van der Waals surface area contributed by atoms with Gasteiger partial charge in [-0.25, -0.2) is 4.79 Å². The van der Waals surface area contributed by atoms with Gasteiger partial charge in [0.25, 0.3) is 0 Å². The number of ether oxygens (including phenoxy) is 2. The fourth-order valence-electron chi connectivity index (χ4n) is 3.91. The lowest BCUT2D eigenvalue weighted by Gasteiger charge is -2.33. The van der Waals surface area contributed by atoms with E-state index >= 15 is 0 Å². The highest BCUT2D eigenvalue weighted by atomic mass is 35.5. The molecule has 2 heterocycles. The first-order chi connectivity index (χ1) is 14.9. The minimum atomic E-state index is -1.07. The number of esters is 1. The number of nitrogens with one attached hydrogen (secondary N) is 1. The van der Waals surface area contributed by atoms with Gasteiger partial charge in [-0.3, -0.25) is 9.69 Å². The van der Waals surface area contributed by atoms with E-state index in [1.54, 1.807) is 12.1 Å². The largest absolute Gasteiger partial charge is 0.489 e. The van der Waals surface area contributed by atoms with Gasteiger partial charge >= 0.3 is 12.1 Å². The molecule has 0 aliphatic carbocycles. The molecule has 3 aromatic rings. The van der Waals surface area contributed by atoms with Gasteiger partial charge in [0, 0.05) is 23.1 Å². The molecule has 162 valence electrons. The Morgan fingerprint density at radius 2 is 2.00 bits per heavy atom. The summed E-state index contributed by atoms with van der Waals surface area (Å²) in [6.45, 7) is 0.623. The van der Waals surface area contributed by atoms with Crippen LogP contribution in [0.4, 0.5) is 4.79 Å². The Kier molecular flexibility index (Phi) is 5.98. The normalized spacial score (nSPS) is 15.6. The van der Waals surface area contributed by atoms with Crippen LogP contribution in [0.25, 0.3) is 10.9 Å².